The quantitative estimate of drug-likeness (QED) is 0.479. The zero-order valence-corrected chi connectivity index (χ0v) is 14.5. The van der Waals surface area contributed by atoms with Gasteiger partial charge in [0, 0.05) is 17.0 Å². The minimum atomic E-state index is -1.00. The molecule has 1 aromatic carbocycles. The molecule has 23 heavy (non-hydrogen) atoms. The lowest BCUT2D eigenvalue weighted by molar-refractivity contribution is -0.139. The predicted octanol–water partition coefficient (Wildman–Crippen LogP) is 2.69. The van der Waals surface area contributed by atoms with Crippen molar-refractivity contribution >= 4 is 23.4 Å². The molecule has 2 N–H and O–H groups in total. The van der Waals surface area contributed by atoms with Crippen LogP contribution in [-0.4, -0.2) is 54.0 Å². The van der Waals surface area contributed by atoms with E-state index >= 15 is 0 Å². The van der Waals surface area contributed by atoms with E-state index < -0.39 is 12.0 Å². The van der Waals surface area contributed by atoms with Crippen LogP contribution in [0.2, 0.25) is 5.02 Å². The molecule has 1 rings (SSSR count). The Labute approximate surface area is 142 Å². The van der Waals surface area contributed by atoms with Gasteiger partial charge in [0.25, 0.3) is 0 Å². The molecule has 5 nitrogen and oxygen atoms in total. The van der Waals surface area contributed by atoms with E-state index in [-0.39, 0.29) is 12.2 Å². The maximum absolute atomic E-state index is 12.1. The Hall–Kier alpha value is -1.43. The number of carboxylic acids is 1. The number of carbonyl (C=O) groups excluding carboxylic acids is 1. The third-order valence-corrected chi connectivity index (χ3v) is 4.04. The highest BCUT2D eigenvalue weighted by atomic mass is 35.5. The van der Waals surface area contributed by atoms with Crippen LogP contribution in [0.25, 0.3) is 0 Å². The lowest BCUT2D eigenvalue weighted by atomic mass is 10.0. The molecule has 1 atom stereocenters. The fourth-order valence-electron chi connectivity index (χ4n) is 2.30. The zero-order chi connectivity index (χ0) is 17.2. The average molecular weight is 341 g/mol. The smallest absolute Gasteiger partial charge is 0.321 e. The number of aliphatic carboxylic acids is 1. The molecular formula is C17H25ClN2O3. The van der Waals surface area contributed by atoms with Gasteiger partial charge in [-0.1, -0.05) is 25.4 Å². The van der Waals surface area contributed by atoms with Crippen LogP contribution in [0, 0.1) is 0 Å². The summed E-state index contributed by atoms with van der Waals surface area (Å²) < 4.78 is 0. The SMILES string of the molecule is CCN(CC)CCCN[C@H](CC(=O)c1ccc(Cl)cc1)C(=O)O. The molecule has 128 valence electrons. The molecule has 0 aliphatic rings. The number of hydrogen-bond acceptors (Lipinski definition) is 4. The number of Topliss-reactive ketones (excluding diaryl/α,β-unsaturated/α-hetero) is 1. The van der Waals surface area contributed by atoms with E-state index in [1.807, 2.05) is 0 Å². The molecule has 0 spiro atoms. The zero-order valence-electron chi connectivity index (χ0n) is 13.7. The van der Waals surface area contributed by atoms with Gasteiger partial charge in [0.2, 0.25) is 0 Å². The van der Waals surface area contributed by atoms with Crippen LogP contribution >= 0.6 is 11.6 Å². The maximum atomic E-state index is 12.1. The standard InChI is InChI=1S/C17H25ClN2O3/c1-3-20(4-2)11-5-10-19-15(17(22)23)12-16(21)13-6-8-14(18)9-7-13/h6-9,15,19H,3-5,10-12H2,1-2H3,(H,22,23)/t15-/m1/s1. The first kappa shape index (κ1) is 19.6. The highest BCUT2D eigenvalue weighted by Gasteiger charge is 2.21. The summed E-state index contributed by atoms with van der Waals surface area (Å²) >= 11 is 5.78. The average Bonchev–Trinajstić information content (AvgIpc) is 2.54. The first-order valence-electron chi connectivity index (χ1n) is 7.95. The topological polar surface area (TPSA) is 69.6 Å². The predicted molar refractivity (Wildman–Crippen MR) is 92.2 cm³/mol. The Bertz CT molecular complexity index is 501. The van der Waals surface area contributed by atoms with E-state index in [0.29, 0.717) is 17.1 Å². The van der Waals surface area contributed by atoms with Gasteiger partial charge in [0.05, 0.1) is 0 Å². The van der Waals surface area contributed by atoms with Crippen molar-refractivity contribution in [3.63, 3.8) is 0 Å². The van der Waals surface area contributed by atoms with Crippen LogP contribution in [0.15, 0.2) is 24.3 Å². The number of carbonyl (C=O) groups is 2. The van der Waals surface area contributed by atoms with Gasteiger partial charge in [-0.15, -0.1) is 0 Å². The molecule has 0 saturated carbocycles. The normalized spacial score (nSPS) is 12.3. The van der Waals surface area contributed by atoms with E-state index in [4.69, 9.17) is 11.6 Å². The molecular weight excluding hydrogens is 316 g/mol. The van der Waals surface area contributed by atoms with E-state index in [0.717, 1.165) is 26.1 Å². The first-order chi connectivity index (χ1) is 11.0. The fourth-order valence-corrected chi connectivity index (χ4v) is 2.43. The van der Waals surface area contributed by atoms with Crippen LogP contribution in [0.5, 0.6) is 0 Å². The monoisotopic (exact) mass is 340 g/mol. The Kier molecular flexibility index (Phi) is 8.84. The van der Waals surface area contributed by atoms with Gasteiger partial charge in [0.1, 0.15) is 6.04 Å². The molecule has 0 unspecified atom stereocenters. The second-order valence-corrected chi connectivity index (χ2v) is 5.80. The minimum Gasteiger partial charge on any atom is -0.480 e. The molecule has 1 aromatic rings. The summed E-state index contributed by atoms with van der Waals surface area (Å²) in [4.78, 5) is 25.7. The summed E-state index contributed by atoms with van der Waals surface area (Å²) in [5, 5.41) is 12.8. The molecule has 0 aromatic heterocycles. The van der Waals surface area contributed by atoms with Gasteiger partial charge in [-0.05, 0) is 56.9 Å². The van der Waals surface area contributed by atoms with Crippen molar-refractivity contribution in [1.29, 1.82) is 0 Å². The number of ketones is 1. The van der Waals surface area contributed by atoms with Crippen molar-refractivity contribution in [2.24, 2.45) is 0 Å². The van der Waals surface area contributed by atoms with Gasteiger partial charge in [-0.2, -0.15) is 0 Å². The van der Waals surface area contributed by atoms with Crippen molar-refractivity contribution in [1.82, 2.24) is 10.2 Å². The van der Waals surface area contributed by atoms with E-state index in [1.165, 1.54) is 0 Å². The number of carboxylic acid groups (broad SMARTS) is 1. The number of nitrogens with one attached hydrogen (secondary N) is 1. The molecule has 0 heterocycles. The van der Waals surface area contributed by atoms with Crippen LogP contribution in [0.4, 0.5) is 0 Å². The Morgan fingerprint density at radius 1 is 1.22 bits per heavy atom. The number of hydrogen-bond donors (Lipinski definition) is 2. The number of halogens is 1. The summed E-state index contributed by atoms with van der Waals surface area (Å²) in [5.41, 5.74) is 0.477. The van der Waals surface area contributed by atoms with Gasteiger partial charge < -0.3 is 15.3 Å². The summed E-state index contributed by atoms with van der Waals surface area (Å²) in [6, 6.07) is 5.62. The van der Waals surface area contributed by atoms with Crippen molar-refractivity contribution in [3.8, 4) is 0 Å². The van der Waals surface area contributed by atoms with Gasteiger partial charge in [-0.3, -0.25) is 9.59 Å². The Morgan fingerprint density at radius 3 is 2.35 bits per heavy atom. The molecule has 0 radical (unpaired) electrons. The van der Waals surface area contributed by atoms with Gasteiger partial charge in [-0.25, -0.2) is 0 Å². The summed E-state index contributed by atoms with van der Waals surface area (Å²) in [6.45, 7) is 7.64. The highest BCUT2D eigenvalue weighted by Crippen LogP contribution is 2.12. The number of benzene rings is 1. The Morgan fingerprint density at radius 2 is 1.83 bits per heavy atom. The lowest BCUT2D eigenvalue weighted by Crippen LogP contribution is -2.40. The number of nitrogens with zero attached hydrogens (tertiary/aromatic N) is 1. The summed E-state index contributed by atoms with van der Waals surface area (Å²) in [6.07, 6.45) is 0.781. The van der Waals surface area contributed by atoms with E-state index in [1.54, 1.807) is 24.3 Å². The van der Waals surface area contributed by atoms with Crippen molar-refractivity contribution < 1.29 is 14.7 Å². The third kappa shape index (κ3) is 7.12. The minimum absolute atomic E-state index is 0.0672. The molecule has 0 aliphatic heterocycles. The van der Waals surface area contributed by atoms with Gasteiger partial charge >= 0.3 is 5.97 Å². The van der Waals surface area contributed by atoms with Crippen molar-refractivity contribution in [2.45, 2.75) is 32.7 Å². The summed E-state index contributed by atoms with van der Waals surface area (Å²) in [5.74, 6) is -1.21. The highest BCUT2D eigenvalue weighted by molar-refractivity contribution is 6.30. The molecule has 0 bridgehead atoms. The second kappa shape index (κ2) is 10.4. The van der Waals surface area contributed by atoms with Gasteiger partial charge in [0.15, 0.2) is 5.78 Å². The van der Waals surface area contributed by atoms with E-state index in [2.05, 4.69) is 24.1 Å². The van der Waals surface area contributed by atoms with Crippen LogP contribution < -0.4 is 5.32 Å². The van der Waals surface area contributed by atoms with E-state index in [9.17, 15) is 14.7 Å². The maximum Gasteiger partial charge on any atom is 0.321 e. The molecule has 6 heteroatoms. The second-order valence-electron chi connectivity index (χ2n) is 5.36. The van der Waals surface area contributed by atoms with Crippen molar-refractivity contribution in [3.05, 3.63) is 34.9 Å². The van der Waals surface area contributed by atoms with Crippen molar-refractivity contribution in [2.75, 3.05) is 26.2 Å². The summed E-state index contributed by atoms with van der Waals surface area (Å²) in [7, 11) is 0. The molecule has 0 saturated heterocycles. The lowest BCUT2D eigenvalue weighted by Gasteiger charge is -2.19. The van der Waals surface area contributed by atoms with Crippen LogP contribution in [0.1, 0.15) is 37.0 Å². The Balaban J connectivity index is 2.47. The number of rotatable bonds is 11. The van der Waals surface area contributed by atoms with Crippen LogP contribution in [-0.2, 0) is 4.79 Å². The molecule has 0 aliphatic carbocycles. The molecule has 0 fully saturated rings. The molecule has 0 amide bonds. The fraction of sp³-hybridized carbons (Fsp3) is 0.529. The largest absolute Gasteiger partial charge is 0.480 e. The van der Waals surface area contributed by atoms with Crippen LogP contribution in [0.3, 0.4) is 0 Å². The first-order valence-corrected chi connectivity index (χ1v) is 8.33. The third-order valence-electron chi connectivity index (χ3n) is 3.79.